The lowest BCUT2D eigenvalue weighted by Gasteiger charge is -2.18. The van der Waals surface area contributed by atoms with Crippen LogP contribution in [0.1, 0.15) is 239 Å². The normalized spacial score (nSPS) is 12.7. The molecule has 0 spiro atoms. The molecular weight excluding hydrogens is 781 g/mol. The first-order valence-corrected chi connectivity index (χ1v) is 26.1. The first-order chi connectivity index (χ1) is 31.0. The lowest BCUT2D eigenvalue weighted by molar-refractivity contribution is -0.166. The van der Waals surface area contributed by atoms with Crippen LogP contribution in [-0.2, 0) is 28.6 Å². The van der Waals surface area contributed by atoms with Gasteiger partial charge in [0.1, 0.15) is 13.2 Å². The molecule has 0 fully saturated rings. The van der Waals surface area contributed by atoms with E-state index in [2.05, 4.69) is 99.8 Å². The van der Waals surface area contributed by atoms with Crippen LogP contribution in [-0.4, -0.2) is 37.2 Å². The molecule has 0 aliphatic heterocycles. The Balaban J connectivity index is 4.48. The van der Waals surface area contributed by atoms with Crippen LogP contribution in [0, 0.1) is 0 Å². The molecular formula is C57H96O6. The minimum atomic E-state index is -0.807. The van der Waals surface area contributed by atoms with Gasteiger partial charge < -0.3 is 14.2 Å². The Bertz CT molecular complexity index is 1240. The van der Waals surface area contributed by atoms with Gasteiger partial charge >= 0.3 is 17.9 Å². The number of unbranched alkanes of at least 4 members (excludes halogenated alkanes) is 21. The zero-order chi connectivity index (χ0) is 45.8. The van der Waals surface area contributed by atoms with Crippen LogP contribution in [0.15, 0.2) is 85.1 Å². The lowest BCUT2D eigenvalue weighted by Crippen LogP contribution is -2.30. The van der Waals surface area contributed by atoms with Gasteiger partial charge in [-0.2, -0.15) is 0 Å². The number of ether oxygens (including phenoxy) is 3. The summed E-state index contributed by atoms with van der Waals surface area (Å²) in [5.41, 5.74) is 0. The molecule has 0 saturated heterocycles. The fourth-order valence-corrected chi connectivity index (χ4v) is 6.98. The minimum absolute atomic E-state index is 0.103. The van der Waals surface area contributed by atoms with Gasteiger partial charge in [-0.1, -0.05) is 228 Å². The number of carbonyl (C=O) groups excluding carboxylic acids is 3. The monoisotopic (exact) mass is 877 g/mol. The summed E-state index contributed by atoms with van der Waals surface area (Å²) in [4.78, 5) is 37.9. The molecule has 0 bridgehead atoms. The van der Waals surface area contributed by atoms with Crippen molar-refractivity contribution in [3.8, 4) is 0 Å². The summed E-state index contributed by atoms with van der Waals surface area (Å²) in [7, 11) is 0. The molecule has 0 aromatic heterocycles. The molecule has 6 nitrogen and oxygen atoms in total. The van der Waals surface area contributed by atoms with E-state index in [0.29, 0.717) is 19.3 Å². The zero-order valence-electron chi connectivity index (χ0n) is 41.1. The number of carbonyl (C=O) groups is 3. The molecule has 0 rings (SSSR count). The van der Waals surface area contributed by atoms with Crippen molar-refractivity contribution in [3.63, 3.8) is 0 Å². The number of esters is 3. The maximum absolute atomic E-state index is 12.8. The highest BCUT2D eigenvalue weighted by molar-refractivity contribution is 5.71. The fourth-order valence-electron chi connectivity index (χ4n) is 6.98. The van der Waals surface area contributed by atoms with Crippen LogP contribution >= 0.6 is 0 Å². The predicted molar refractivity (Wildman–Crippen MR) is 270 cm³/mol. The van der Waals surface area contributed by atoms with Crippen molar-refractivity contribution in [1.82, 2.24) is 0 Å². The second-order valence-electron chi connectivity index (χ2n) is 17.1. The maximum Gasteiger partial charge on any atom is 0.306 e. The van der Waals surface area contributed by atoms with E-state index in [-0.39, 0.29) is 37.5 Å². The van der Waals surface area contributed by atoms with Crippen molar-refractivity contribution in [2.24, 2.45) is 0 Å². The minimum Gasteiger partial charge on any atom is -0.462 e. The number of hydrogen-bond acceptors (Lipinski definition) is 6. The van der Waals surface area contributed by atoms with Gasteiger partial charge in [-0.25, -0.2) is 0 Å². The van der Waals surface area contributed by atoms with E-state index in [0.717, 1.165) is 89.9 Å². The second-order valence-corrected chi connectivity index (χ2v) is 17.1. The highest BCUT2D eigenvalue weighted by Gasteiger charge is 2.19. The summed E-state index contributed by atoms with van der Waals surface area (Å²) in [6.07, 6.45) is 65.8. The summed E-state index contributed by atoms with van der Waals surface area (Å²) in [6, 6.07) is 0. The Morgan fingerprint density at radius 2 is 0.667 bits per heavy atom. The molecule has 1 atom stereocenters. The van der Waals surface area contributed by atoms with Crippen molar-refractivity contribution >= 4 is 17.9 Å². The van der Waals surface area contributed by atoms with Gasteiger partial charge in [0.05, 0.1) is 0 Å². The topological polar surface area (TPSA) is 78.9 Å². The lowest BCUT2D eigenvalue weighted by atomic mass is 10.0. The Labute approximate surface area is 388 Å². The van der Waals surface area contributed by atoms with Crippen LogP contribution in [0.25, 0.3) is 0 Å². The van der Waals surface area contributed by atoms with E-state index in [1.165, 1.54) is 103 Å². The first-order valence-electron chi connectivity index (χ1n) is 26.1. The zero-order valence-corrected chi connectivity index (χ0v) is 41.1. The van der Waals surface area contributed by atoms with E-state index in [1.807, 2.05) is 6.08 Å². The van der Waals surface area contributed by atoms with Gasteiger partial charge in [-0.05, 0) is 77.0 Å². The standard InChI is InChI=1S/C57H96O6/c1-4-7-10-13-16-19-22-24-26-27-28-29-31-32-35-38-41-44-47-50-56(59)62-53-54(52-61-55(58)49-46-43-40-37-34-21-18-15-12-9-6-3)63-57(60)51-48-45-42-39-36-33-30-25-23-20-17-14-11-8-5-2/h7,10,15-16,18-19,24,26,28-29,32,35,41,44,54H,4-6,8-9,11-14,17,20-23,25,27,30-31,33-34,36-40,42-43,45-53H2,1-3H3/b10-7-,18-15-,19-16-,26-24-,29-28-,35-32-,44-41-/t54-/m0/s1. The molecule has 0 aromatic carbocycles. The summed E-state index contributed by atoms with van der Waals surface area (Å²) < 4.78 is 16.7. The first kappa shape index (κ1) is 59.6. The van der Waals surface area contributed by atoms with Crippen molar-refractivity contribution < 1.29 is 28.6 Å². The highest BCUT2D eigenvalue weighted by Crippen LogP contribution is 2.15. The van der Waals surface area contributed by atoms with E-state index in [4.69, 9.17) is 14.2 Å². The van der Waals surface area contributed by atoms with Crippen LogP contribution in [0.2, 0.25) is 0 Å². The summed E-state index contributed by atoms with van der Waals surface area (Å²) in [6.45, 7) is 6.41. The Kier molecular flexibility index (Phi) is 48.5. The average Bonchev–Trinajstić information content (AvgIpc) is 3.28. The summed E-state index contributed by atoms with van der Waals surface area (Å²) in [5, 5.41) is 0. The van der Waals surface area contributed by atoms with Crippen molar-refractivity contribution in [2.75, 3.05) is 13.2 Å². The molecule has 0 aliphatic carbocycles. The molecule has 0 N–H and O–H groups in total. The SMILES string of the molecule is CC/C=C\C/C=C\C/C=C\C/C=C\C/C=C\C/C=C\CCC(=O)OC[C@H](COC(=O)CCCCCCC/C=C\CCCC)OC(=O)CCCCCCCCCCCCCCCCC. The maximum atomic E-state index is 12.8. The van der Waals surface area contributed by atoms with Gasteiger partial charge in [0.15, 0.2) is 6.10 Å². The molecule has 360 valence electrons. The molecule has 0 aliphatic rings. The molecule has 0 amide bonds. The molecule has 0 unspecified atom stereocenters. The van der Waals surface area contributed by atoms with Gasteiger partial charge in [0.2, 0.25) is 0 Å². The van der Waals surface area contributed by atoms with E-state index >= 15 is 0 Å². The summed E-state index contributed by atoms with van der Waals surface area (Å²) >= 11 is 0. The quantitative estimate of drug-likeness (QED) is 0.0262. The van der Waals surface area contributed by atoms with Gasteiger partial charge in [-0.15, -0.1) is 0 Å². The molecule has 0 saturated carbocycles. The highest BCUT2D eigenvalue weighted by atomic mass is 16.6. The van der Waals surface area contributed by atoms with Crippen LogP contribution in [0.5, 0.6) is 0 Å². The van der Waals surface area contributed by atoms with Gasteiger partial charge in [0, 0.05) is 19.3 Å². The largest absolute Gasteiger partial charge is 0.462 e. The van der Waals surface area contributed by atoms with Crippen molar-refractivity contribution in [3.05, 3.63) is 85.1 Å². The smallest absolute Gasteiger partial charge is 0.306 e. The van der Waals surface area contributed by atoms with E-state index in [9.17, 15) is 14.4 Å². The Morgan fingerprint density at radius 3 is 1.11 bits per heavy atom. The molecule has 6 heteroatoms. The van der Waals surface area contributed by atoms with E-state index < -0.39 is 6.10 Å². The van der Waals surface area contributed by atoms with Crippen LogP contribution in [0.3, 0.4) is 0 Å². The third-order valence-corrected chi connectivity index (χ3v) is 10.9. The van der Waals surface area contributed by atoms with Gasteiger partial charge in [-0.3, -0.25) is 14.4 Å². The number of hydrogen-bond donors (Lipinski definition) is 0. The molecule has 0 aromatic rings. The predicted octanol–water partition coefficient (Wildman–Crippen LogP) is 17.2. The Hall–Kier alpha value is -3.41. The average molecular weight is 877 g/mol. The number of rotatable bonds is 46. The third kappa shape index (κ3) is 49.5. The van der Waals surface area contributed by atoms with Crippen molar-refractivity contribution in [1.29, 1.82) is 0 Å². The fraction of sp³-hybridized carbons (Fsp3) is 0.702. The summed E-state index contributed by atoms with van der Waals surface area (Å²) in [5.74, 6) is -0.998. The van der Waals surface area contributed by atoms with Gasteiger partial charge in [0.25, 0.3) is 0 Å². The number of allylic oxidation sites excluding steroid dienone is 14. The Morgan fingerprint density at radius 1 is 0.333 bits per heavy atom. The van der Waals surface area contributed by atoms with E-state index in [1.54, 1.807) is 0 Å². The van der Waals surface area contributed by atoms with Crippen LogP contribution < -0.4 is 0 Å². The molecule has 0 heterocycles. The molecule has 63 heavy (non-hydrogen) atoms. The van der Waals surface area contributed by atoms with Crippen molar-refractivity contribution in [2.45, 2.75) is 245 Å². The third-order valence-electron chi connectivity index (χ3n) is 10.9. The second kappa shape index (κ2) is 51.2. The molecule has 0 radical (unpaired) electrons. The van der Waals surface area contributed by atoms with Crippen LogP contribution in [0.4, 0.5) is 0 Å².